The molecule has 1 amide bonds. The molecule has 0 saturated carbocycles. The molecule has 0 spiro atoms. The number of rotatable bonds is 5. The summed E-state index contributed by atoms with van der Waals surface area (Å²) in [5.74, 6) is -0.252. The van der Waals surface area contributed by atoms with Crippen LogP contribution in [0.1, 0.15) is 27.2 Å². The number of amides is 1. The molecule has 7 heteroatoms. The maximum Gasteiger partial charge on any atom is 0.243 e. The minimum absolute atomic E-state index is 0.252. The van der Waals surface area contributed by atoms with Gasteiger partial charge < -0.3 is 0 Å². The molecule has 0 aliphatic carbocycles. The number of thioether (sulfide) groups is 1. The lowest BCUT2D eigenvalue weighted by molar-refractivity contribution is -0.115. The largest absolute Gasteiger partial charge is 0.299 e. The van der Waals surface area contributed by atoms with E-state index < -0.39 is 5.38 Å². The first-order chi connectivity index (χ1) is 7.52. The molecule has 0 aromatic carbocycles. The molecule has 0 bridgehead atoms. The summed E-state index contributed by atoms with van der Waals surface area (Å²) >= 11 is 8.66. The lowest BCUT2D eigenvalue weighted by Crippen LogP contribution is -2.20. The second kappa shape index (κ2) is 6.42. The number of hydrogen-bond donors (Lipinski definition) is 1. The Balaban J connectivity index is 2.54. The van der Waals surface area contributed by atoms with Crippen molar-refractivity contribution in [1.82, 2.24) is 10.2 Å². The van der Waals surface area contributed by atoms with Gasteiger partial charge in [0.1, 0.15) is 5.38 Å². The monoisotopic (exact) mass is 279 g/mol. The molecule has 1 N–H and O–H groups in total. The van der Waals surface area contributed by atoms with Crippen molar-refractivity contribution in [3.8, 4) is 0 Å². The van der Waals surface area contributed by atoms with Crippen LogP contribution in [-0.4, -0.2) is 26.7 Å². The van der Waals surface area contributed by atoms with Gasteiger partial charge in [-0.3, -0.25) is 10.1 Å². The predicted octanol–water partition coefficient (Wildman–Crippen LogP) is 2.99. The molecular formula is C9H14ClN3OS2. The zero-order chi connectivity index (χ0) is 12.1. The number of alkyl halides is 1. The van der Waals surface area contributed by atoms with Crippen LogP contribution >= 0.6 is 34.7 Å². The van der Waals surface area contributed by atoms with Crippen molar-refractivity contribution in [2.24, 2.45) is 0 Å². The number of carbonyl (C=O) groups is 1. The van der Waals surface area contributed by atoms with Crippen LogP contribution in [0, 0.1) is 0 Å². The van der Waals surface area contributed by atoms with Crippen LogP contribution in [0.5, 0.6) is 0 Å². The van der Waals surface area contributed by atoms with Crippen LogP contribution in [0.3, 0.4) is 0 Å². The van der Waals surface area contributed by atoms with E-state index in [1.165, 1.54) is 11.3 Å². The number of halogens is 1. The first-order valence-electron chi connectivity index (χ1n) is 4.98. The average Bonchev–Trinajstić information content (AvgIpc) is 2.65. The number of carbonyl (C=O) groups excluding carboxylic acids is 1. The van der Waals surface area contributed by atoms with Crippen LogP contribution in [0.25, 0.3) is 0 Å². The minimum Gasteiger partial charge on any atom is -0.299 e. The lowest BCUT2D eigenvalue weighted by Gasteiger charge is -2.02. The zero-order valence-corrected chi connectivity index (χ0v) is 11.7. The maximum atomic E-state index is 11.3. The number of aromatic nitrogens is 2. The van der Waals surface area contributed by atoms with Crippen LogP contribution in [0.15, 0.2) is 4.34 Å². The van der Waals surface area contributed by atoms with Crippen molar-refractivity contribution >= 4 is 45.7 Å². The van der Waals surface area contributed by atoms with Crippen LogP contribution < -0.4 is 5.32 Å². The zero-order valence-electron chi connectivity index (χ0n) is 9.36. The molecule has 4 nitrogen and oxygen atoms in total. The molecule has 0 aliphatic heterocycles. The van der Waals surface area contributed by atoms with Gasteiger partial charge in [0, 0.05) is 5.25 Å². The highest BCUT2D eigenvalue weighted by Gasteiger charge is 2.13. The van der Waals surface area contributed by atoms with Gasteiger partial charge in [0.15, 0.2) is 4.34 Å². The summed E-state index contributed by atoms with van der Waals surface area (Å²) in [6.45, 7) is 5.87. The van der Waals surface area contributed by atoms with Gasteiger partial charge in [-0.1, -0.05) is 36.9 Å². The minimum atomic E-state index is -0.561. The second-order valence-electron chi connectivity index (χ2n) is 3.32. The summed E-state index contributed by atoms with van der Waals surface area (Å²) in [4.78, 5) is 11.3. The first kappa shape index (κ1) is 13.7. The maximum absolute atomic E-state index is 11.3. The Morgan fingerprint density at radius 1 is 1.56 bits per heavy atom. The van der Waals surface area contributed by atoms with Gasteiger partial charge in [-0.25, -0.2) is 0 Å². The van der Waals surface area contributed by atoms with E-state index in [1.54, 1.807) is 18.7 Å². The molecule has 1 aromatic rings. The fraction of sp³-hybridized carbons (Fsp3) is 0.667. The summed E-state index contributed by atoms with van der Waals surface area (Å²) in [7, 11) is 0. The number of hydrogen-bond acceptors (Lipinski definition) is 5. The topological polar surface area (TPSA) is 54.9 Å². The average molecular weight is 280 g/mol. The van der Waals surface area contributed by atoms with Crippen molar-refractivity contribution in [2.45, 2.75) is 42.2 Å². The van der Waals surface area contributed by atoms with E-state index in [0.29, 0.717) is 10.4 Å². The molecular weight excluding hydrogens is 266 g/mol. The van der Waals surface area contributed by atoms with Gasteiger partial charge in [0.2, 0.25) is 11.0 Å². The van der Waals surface area contributed by atoms with Crippen LogP contribution in [0.4, 0.5) is 5.13 Å². The fourth-order valence-corrected chi connectivity index (χ4v) is 2.82. The smallest absolute Gasteiger partial charge is 0.243 e. The van der Waals surface area contributed by atoms with E-state index in [9.17, 15) is 4.79 Å². The van der Waals surface area contributed by atoms with Gasteiger partial charge >= 0.3 is 0 Å². The first-order valence-corrected chi connectivity index (χ1v) is 7.11. The van der Waals surface area contributed by atoms with Crippen molar-refractivity contribution < 1.29 is 4.79 Å². The van der Waals surface area contributed by atoms with Crippen molar-refractivity contribution in [3.63, 3.8) is 0 Å². The third-order valence-electron chi connectivity index (χ3n) is 1.87. The third kappa shape index (κ3) is 4.27. The van der Waals surface area contributed by atoms with Gasteiger partial charge in [-0.2, -0.15) is 0 Å². The Kier molecular flexibility index (Phi) is 5.51. The Morgan fingerprint density at radius 3 is 2.81 bits per heavy atom. The predicted molar refractivity (Wildman–Crippen MR) is 69.5 cm³/mol. The molecule has 1 aromatic heterocycles. The molecule has 1 heterocycles. The highest BCUT2D eigenvalue weighted by Crippen LogP contribution is 2.29. The van der Waals surface area contributed by atoms with Crippen molar-refractivity contribution in [1.29, 1.82) is 0 Å². The van der Waals surface area contributed by atoms with Crippen LogP contribution in [-0.2, 0) is 4.79 Å². The molecule has 2 atom stereocenters. The SMILES string of the molecule is CC[C@H](C)Sc1nnc(NC(=O)[C@H](C)Cl)s1. The second-order valence-corrected chi connectivity index (χ2v) is 6.63. The van der Waals surface area contributed by atoms with Crippen molar-refractivity contribution in [3.05, 3.63) is 0 Å². The lowest BCUT2D eigenvalue weighted by atomic mass is 10.4. The summed E-state index contributed by atoms with van der Waals surface area (Å²) in [5, 5.41) is 10.9. The van der Waals surface area contributed by atoms with E-state index in [2.05, 4.69) is 29.4 Å². The highest BCUT2D eigenvalue weighted by molar-refractivity contribution is 8.01. The number of nitrogens with zero attached hydrogens (tertiary/aromatic N) is 2. The Morgan fingerprint density at radius 2 is 2.25 bits per heavy atom. The number of anilines is 1. The van der Waals surface area contributed by atoms with E-state index in [-0.39, 0.29) is 5.91 Å². The van der Waals surface area contributed by atoms with E-state index in [4.69, 9.17) is 11.6 Å². The summed E-state index contributed by atoms with van der Waals surface area (Å²) < 4.78 is 0.867. The van der Waals surface area contributed by atoms with E-state index in [0.717, 1.165) is 10.8 Å². The normalized spacial score (nSPS) is 14.5. The molecule has 0 aliphatic rings. The molecule has 0 unspecified atom stereocenters. The Labute approximate surface area is 108 Å². The standard InChI is InChI=1S/C9H14ClN3OS2/c1-4-5(2)15-9-13-12-8(16-9)11-7(14)6(3)10/h5-6H,4H2,1-3H3,(H,11,12,14)/t5-,6-/m0/s1. The Hall–Kier alpha value is -0.330. The van der Waals surface area contributed by atoms with Crippen LogP contribution in [0.2, 0.25) is 0 Å². The number of nitrogens with one attached hydrogen (secondary N) is 1. The van der Waals surface area contributed by atoms with Gasteiger partial charge in [-0.05, 0) is 13.3 Å². The van der Waals surface area contributed by atoms with E-state index in [1.807, 2.05) is 0 Å². The van der Waals surface area contributed by atoms with Gasteiger partial charge in [-0.15, -0.1) is 21.8 Å². The third-order valence-corrected chi connectivity index (χ3v) is 4.26. The van der Waals surface area contributed by atoms with Crippen molar-refractivity contribution in [2.75, 3.05) is 5.32 Å². The fourth-order valence-electron chi connectivity index (χ4n) is 0.768. The Bertz CT molecular complexity index is 356. The molecule has 0 radical (unpaired) electrons. The highest BCUT2D eigenvalue weighted by atomic mass is 35.5. The molecule has 0 saturated heterocycles. The molecule has 16 heavy (non-hydrogen) atoms. The summed E-state index contributed by atoms with van der Waals surface area (Å²) in [6.07, 6.45) is 1.07. The summed E-state index contributed by atoms with van der Waals surface area (Å²) in [6, 6.07) is 0. The van der Waals surface area contributed by atoms with E-state index >= 15 is 0 Å². The molecule has 90 valence electrons. The summed E-state index contributed by atoms with van der Waals surface area (Å²) in [5.41, 5.74) is 0. The molecule has 1 rings (SSSR count). The molecule has 0 fully saturated rings. The van der Waals surface area contributed by atoms with Gasteiger partial charge in [0.05, 0.1) is 0 Å². The van der Waals surface area contributed by atoms with Gasteiger partial charge in [0.25, 0.3) is 0 Å². The quantitative estimate of drug-likeness (QED) is 0.511.